The quantitative estimate of drug-likeness (QED) is 0.421. The van der Waals surface area contributed by atoms with E-state index in [9.17, 15) is 0 Å². The lowest BCUT2D eigenvalue weighted by Crippen LogP contribution is -2.01. The zero-order chi connectivity index (χ0) is 20.5. The lowest BCUT2D eigenvalue weighted by atomic mass is 10.1. The first-order valence-corrected chi connectivity index (χ1v) is 10.8. The molecular formula is C23H22N6S. The summed E-state index contributed by atoms with van der Waals surface area (Å²) >= 11 is 1.64. The van der Waals surface area contributed by atoms with Crippen LogP contribution in [-0.4, -0.2) is 30.9 Å². The lowest BCUT2D eigenvalue weighted by Gasteiger charge is -2.04. The van der Waals surface area contributed by atoms with Gasteiger partial charge >= 0.3 is 0 Å². The van der Waals surface area contributed by atoms with Crippen LogP contribution in [0.15, 0.2) is 61.1 Å². The SMILES string of the molecule is Cc1nc2ccc(CCCN)cn2c1-c1nc(-c2ccccc2)c(-c2ncc[nH]2)s1. The summed E-state index contributed by atoms with van der Waals surface area (Å²) in [5, 5.41) is 0.932. The molecule has 0 amide bonds. The second-order valence-electron chi connectivity index (χ2n) is 7.20. The number of thiazole rings is 1. The molecule has 0 fully saturated rings. The van der Waals surface area contributed by atoms with E-state index >= 15 is 0 Å². The van der Waals surface area contributed by atoms with E-state index in [1.165, 1.54) is 5.56 Å². The number of imidazole rings is 2. The molecule has 0 aliphatic carbocycles. The third-order valence-corrected chi connectivity index (χ3v) is 6.18. The molecule has 4 heterocycles. The number of hydrogen-bond donors (Lipinski definition) is 2. The Bertz CT molecular complexity index is 1280. The first-order valence-electron chi connectivity index (χ1n) is 9.98. The van der Waals surface area contributed by atoms with Crippen LogP contribution in [0.2, 0.25) is 0 Å². The third kappa shape index (κ3) is 3.32. The number of fused-ring (bicyclic) bond motifs is 1. The highest BCUT2D eigenvalue weighted by Gasteiger charge is 2.21. The molecular weight excluding hydrogens is 392 g/mol. The van der Waals surface area contributed by atoms with Gasteiger partial charge in [-0.2, -0.15) is 0 Å². The van der Waals surface area contributed by atoms with Crippen LogP contribution in [0, 0.1) is 6.92 Å². The van der Waals surface area contributed by atoms with E-state index in [4.69, 9.17) is 15.7 Å². The molecule has 0 unspecified atom stereocenters. The van der Waals surface area contributed by atoms with Crippen molar-refractivity contribution in [3.63, 3.8) is 0 Å². The van der Waals surface area contributed by atoms with Crippen molar-refractivity contribution >= 4 is 17.0 Å². The van der Waals surface area contributed by atoms with Crippen molar-refractivity contribution in [1.82, 2.24) is 24.3 Å². The van der Waals surface area contributed by atoms with Crippen LogP contribution in [0.3, 0.4) is 0 Å². The average Bonchev–Trinajstić information content (AvgIpc) is 3.50. The molecule has 3 N–H and O–H groups in total. The van der Waals surface area contributed by atoms with Gasteiger partial charge < -0.3 is 10.7 Å². The highest BCUT2D eigenvalue weighted by molar-refractivity contribution is 7.18. The molecule has 6 nitrogen and oxygen atoms in total. The third-order valence-electron chi connectivity index (χ3n) is 5.11. The normalized spacial score (nSPS) is 11.4. The van der Waals surface area contributed by atoms with Gasteiger partial charge in [0.15, 0.2) is 0 Å². The van der Waals surface area contributed by atoms with Crippen molar-refractivity contribution in [3.8, 4) is 32.7 Å². The maximum absolute atomic E-state index is 5.70. The Morgan fingerprint density at radius 1 is 1.10 bits per heavy atom. The maximum atomic E-state index is 5.70. The Morgan fingerprint density at radius 3 is 2.73 bits per heavy atom. The number of aromatic nitrogens is 5. The Hall–Kier alpha value is -3.29. The minimum absolute atomic E-state index is 0.688. The molecule has 0 aliphatic heterocycles. The second-order valence-corrected chi connectivity index (χ2v) is 8.20. The Morgan fingerprint density at radius 2 is 1.97 bits per heavy atom. The standard InChI is InChI=1S/C23H22N6S/c1-15-20(29-14-16(6-5-11-24)9-10-18(29)27-15)23-28-19(17-7-3-2-4-8-17)21(30-23)22-25-12-13-26-22/h2-4,7-10,12-14H,5-6,11,24H2,1H3,(H,25,26). The van der Waals surface area contributed by atoms with Gasteiger partial charge in [-0.1, -0.05) is 36.4 Å². The first kappa shape index (κ1) is 18.7. The number of hydrogen-bond acceptors (Lipinski definition) is 5. The summed E-state index contributed by atoms with van der Waals surface area (Å²) in [4.78, 5) is 18.6. The fourth-order valence-electron chi connectivity index (χ4n) is 3.68. The second kappa shape index (κ2) is 7.85. The minimum atomic E-state index is 0.688. The summed E-state index contributed by atoms with van der Waals surface area (Å²) in [6, 6.07) is 14.4. The van der Waals surface area contributed by atoms with Crippen molar-refractivity contribution in [3.05, 3.63) is 72.3 Å². The molecule has 30 heavy (non-hydrogen) atoms. The van der Waals surface area contributed by atoms with Crippen LogP contribution in [0.25, 0.3) is 38.3 Å². The molecule has 0 bridgehead atoms. The van der Waals surface area contributed by atoms with Crippen molar-refractivity contribution in [1.29, 1.82) is 0 Å². The molecule has 0 saturated carbocycles. The summed E-state index contributed by atoms with van der Waals surface area (Å²) in [5.41, 5.74) is 11.9. The van der Waals surface area contributed by atoms with Gasteiger partial charge in [-0.25, -0.2) is 15.0 Å². The Kier molecular flexibility index (Phi) is 4.90. The number of aromatic amines is 1. The molecule has 150 valence electrons. The molecule has 4 aromatic heterocycles. The predicted molar refractivity (Wildman–Crippen MR) is 121 cm³/mol. The highest BCUT2D eigenvalue weighted by atomic mass is 32.1. The number of nitrogens with one attached hydrogen (secondary N) is 1. The number of pyridine rings is 1. The number of benzene rings is 1. The van der Waals surface area contributed by atoms with Gasteiger partial charge in [0.05, 0.1) is 16.3 Å². The summed E-state index contributed by atoms with van der Waals surface area (Å²) in [6.07, 6.45) is 7.69. The van der Waals surface area contributed by atoms with E-state index in [1.807, 2.05) is 31.3 Å². The largest absolute Gasteiger partial charge is 0.344 e. The molecule has 0 radical (unpaired) electrons. The fraction of sp³-hybridized carbons (Fsp3) is 0.174. The van der Waals surface area contributed by atoms with Gasteiger partial charge in [0.25, 0.3) is 0 Å². The van der Waals surface area contributed by atoms with Gasteiger partial charge in [0.2, 0.25) is 0 Å². The summed E-state index contributed by atoms with van der Waals surface area (Å²) < 4.78 is 2.15. The molecule has 1 aromatic carbocycles. The van der Waals surface area contributed by atoms with E-state index < -0.39 is 0 Å². The summed E-state index contributed by atoms with van der Waals surface area (Å²) in [7, 11) is 0. The molecule has 5 rings (SSSR count). The number of H-pyrrole nitrogens is 1. The molecule has 5 aromatic rings. The summed E-state index contributed by atoms with van der Waals surface area (Å²) in [6.45, 7) is 2.73. The van der Waals surface area contributed by atoms with Crippen LogP contribution in [0.4, 0.5) is 0 Å². The van der Waals surface area contributed by atoms with E-state index in [0.717, 1.165) is 56.8 Å². The van der Waals surface area contributed by atoms with E-state index in [2.05, 4.69) is 44.8 Å². The zero-order valence-electron chi connectivity index (χ0n) is 16.7. The van der Waals surface area contributed by atoms with Crippen molar-refractivity contribution < 1.29 is 0 Å². The van der Waals surface area contributed by atoms with E-state index in [0.29, 0.717) is 6.54 Å². The van der Waals surface area contributed by atoms with Crippen LogP contribution in [-0.2, 0) is 6.42 Å². The zero-order valence-corrected chi connectivity index (χ0v) is 17.5. The van der Waals surface area contributed by atoms with Crippen molar-refractivity contribution in [2.75, 3.05) is 6.54 Å². The molecule has 0 saturated heterocycles. The monoisotopic (exact) mass is 414 g/mol. The van der Waals surface area contributed by atoms with Gasteiger partial charge in [-0.15, -0.1) is 11.3 Å². The number of rotatable bonds is 6. The van der Waals surface area contributed by atoms with Gasteiger partial charge in [-0.3, -0.25) is 4.40 Å². The van der Waals surface area contributed by atoms with Crippen LogP contribution >= 0.6 is 11.3 Å². The molecule has 7 heteroatoms. The maximum Gasteiger partial charge on any atom is 0.149 e. The summed E-state index contributed by atoms with van der Waals surface area (Å²) in [5.74, 6) is 0.827. The number of nitrogens with zero attached hydrogens (tertiary/aromatic N) is 4. The van der Waals surface area contributed by atoms with Crippen LogP contribution in [0.5, 0.6) is 0 Å². The van der Waals surface area contributed by atoms with Crippen molar-refractivity contribution in [2.24, 2.45) is 5.73 Å². The Labute approximate surface area is 178 Å². The number of nitrogens with two attached hydrogens (primary N) is 1. The van der Waals surface area contributed by atoms with Crippen LogP contribution in [0.1, 0.15) is 17.7 Å². The van der Waals surface area contributed by atoms with Crippen LogP contribution < -0.4 is 5.73 Å². The Balaban J connectivity index is 1.69. The molecule has 0 atom stereocenters. The van der Waals surface area contributed by atoms with Crippen molar-refractivity contribution in [2.45, 2.75) is 19.8 Å². The first-order chi connectivity index (χ1) is 14.7. The highest BCUT2D eigenvalue weighted by Crippen LogP contribution is 2.40. The average molecular weight is 415 g/mol. The van der Waals surface area contributed by atoms with E-state index in [1.54, 1.807) is 17.5 Å². The predicted octanol–water partition coefficient (Wildman–Crippen LogP) is 4.71. The lowest BCUT2D eigenvalue weighted by molar-refractivity contribution is 0.827. The van der Waals surface area contributed by atoms with Gasteiger partial charge in [-0.05, 0) is 37.9 Å². The smallest absolute Gasteiger partial charge is 0.149 e. The van der Waals surface area contributed by atoms with Gasteiger partial charge in [0, 0.05) is 24.2 Å². The molecule has 0 aliphatic rings. The van der Waals surface area contributed by atoms with E-state index in [-0.39, 0.29) is 0 Å². The molecule has 0 spiro atoms. The van der Waals surface area contributed by atoms with Gasteiger partial charge in [0.1, 0.15) is 22.2 Å². The minimum Gasteiger partial charge on any atom is -0.344 e. The topological polar surface area (TPSA) is 84.9 Å². The number of aryl methyl sites for hydroxylation is 2. The fourth-order valence-corrected chi connectivity index (χ4v) is 4.82.